The third-order valence-corrected chi connectivity index (χ3v) is 4.54. The highest BCUT2D eigenvalue weighted by Crippen LogP contribution is 2.18. The molecule has 0 heterocycles. The quantitative estimate of drug-likeness (QED) is 0.790. The van der Waals surface area contributed by atoms with Gasteiger partial charge in [0.2, 0.25) is 0 Å². The second-order valence-corrected chi connectivity index (χ2v) is 6.21. The zero-order chi connectivity index (χ0) is 16.8. The summed E-state index contributed by atoms with van der Waals surface area (Å²) in [6.07, 6.45) is -4.39. The SMILES string of the molecule is CCN(CC)S(=O)(=O)NCc1ccc(OCC(F)(F)F)cc1. The molecular weight excluding hydrogens is 321 g/mol. The van der Waals surface area contributed by atoms with E-state index in [-0.39, 0.29) is 12.3 Å². The fourth-order valence-electron chi connectivity index (χ4n) is 1.70. The van der Waals surface area contributed by atoms with Gasteiger partial charge in [-0.25, -0.2) is 0 Å². The molecule has 0 saturated carbocycles. The molecule has 0 aliphatic rings. The average molecular weight is 340 g/mol. The van der Waals surface area contributed by atoms with E-state index in [2.05, 4.69) is 9.46 Å². The molecule has 5 nitrogen and oxygen atoms in total. The van der Waals surface area contributed by atoms with E-state index in [1.807, 2.05) is 0 Å². The van der Waals surface area contributed by atoms with Gasteiger partial charge in [0.1, 0.15) is 5.75 Å². The van der Waals surface area contributed by atoms with E-state index in [0.29, 0.717) is 18.7 Å². The molecule has 0 bridgehead atoms. The van der Waals surface area contributed by atoms with Gasteiger partial charge in [-0.1, -0.05) is 26.0 Å². The van der Waals surface area contributed by atoms with Crippen LogP contribution in [0.2, 0.25) is 0 Å². The van der Waals surface area contributed by atoms with Crippen molar-refractivity contribution >= 4 is 10.2 Å². The molecule has 9 heteroatoms. The molecule has 0 aliphatic carbocycles. The summed E-state index contributed by atoms with van der Waals surface area (Å²) in [6.45, 7) is 2.87. The maximum Gasteiger partial charge on any atom is 0.422 e. The number of hydrogen-bond donors (Lipinski definition) is 1. The first kappa shape index (κ1) is 18.7. The minimum atomic E-state index is -4.39. The smallest absolute Gasteiger partial charge is 0.422 e. The molecule has 1 aromatic carbocycles. The fraction of sp³-hybridized carbons (Fsp3) is 0.538. The first-order valence-corrected chi connectivity index (χ1v) is 8.15. The minimum absolute atomic E-state index is 0.0540. The highest BCUT2D eigenvalue weighted by atomic mass is 32.2. The Balaban J connectivity index is 2.58. The molecular formula is C13H19F3N2O3S. The molecule has 0 atom stereocenters. The Labute approximate surface area is 128 Å². The van der Waals surface area contributed by atoms with E-state index in [4.69, 9.17) is 0 Å². The van der Waals surface area contributed by atoms with E-state index in [1.54, 1.807) is 13.8 Å². The lowest BCUT2D eigenvalue weighted by Crippen LogP contribution is -2.40. The van der Waals surface area contributed by atoms with Crippen molar-refractivity contribution in [3.05, 3.63) is 29.8 Å². The van der Waals surface area contributed by atoms with Crippen LogP contribution in [0.15, 0.2) is 24.3 Å². The van der Waals surface area contributed by atoms with Crippen LogP contribution in [0.25, 0.3) is 0 Å². The van der Waals surface area contributed by atoms with Gasteiger partial charge in [0.25, 0.3) is 10.2 Å². The predicted octanol–water partition coefficient (Wildman–Crippen LogP) is 2.30. The molecule has 0 saturated heterocycles. The molecule has 1 N–H and O–H groups in total. The fourth-order valence-corrected chi connectivity index (χ4v) is 2.91. The number of halogens is 3. The summed E-state index contributed by atoms with van der Waals surface area (Å²) in [5.74, 6) is 0.0766. The number of nitrogens with one attached hydrogen (secondary N) is 1. The van der Waals surface area contributed by atoms with Crippen LogP contribution in [0.1, 0.15) is 19.4 Å². The van der Waals surface area contributed by atoms with E-state index < -0.39 is 23.0 Å². The van der Waals surface area contributed by atoms with E-state index >= 15 is 0 Å². The second-order valence-electron chi connectivity index (χ2n) is 4.46. The van der Waals surface area contributed by atoms with Gasteiger partial charge in [0, 0.05) is 19.6 Å². The van der Waals surface area contributed by atoms with Gasteiger partial charge < -0.3 is 4.74 Å². The molecule has 0 aliphatic heterocycles. The van der Waals surface area contributed by atoms with Crippen LogP contribution < -0.4 is 9.46 Å². The van der Waals surface area contributed by atoms with Crippen molar-refractivity contribution in [3.8, 4) is 5.75 Å². The summed E-state index contributed by atoms with van der Waals surface area (Å²) >= 11 is 0. The van der Waals surface area contributed by atoms with Gasteiger partial charge in [-0.2, -0.15) is 30.6 Å². The molecule has 0 fully saturated rings. The Morgan fingerprint density at radius 3 is 2.14 bits per heavy atom. The second kappa shape index (κ2) is 7.80. The summed E-state index contributed by atoms with van der Waals surface area (Å²) in [4.78, 5) is 0. The van der Waals surface area contributed by atoms with Gasteiger partial charge in [-0.3, -0.25) is 0 Å². The highest BCUT2D eigenvalue weighted by molar-refractivity contribution is 7.87. The maximum absolute atomic E-state index is 12.0. The van der Waals surface area contributed by atoms with Crippen LogP contribution in [0, 0.1) is 0 Å². The molecule has 1 rings (SSSR count). The van der Waals surface area contributed by atoms with Crippen LogP contribution in [0.4, 0.5) is 13.2 Å². The zero-order valence-corrected chi connectivity index (χ0v) is 13.2. The predicted molar refractivity (Wildman–Crippen MR) is 76.7 cm³/mol. The van der Waals surface area contributed by atoms with Crippen molar-refractivity contribution in [2.75, 3.05) is 19.7 Å². The number of nitrogens with zero attached hydrogens (tertiary/aromatic N) is 1. The summed E-state index contributed by atoms with van der Waals surface area (Å²) in [7, 11) is -3.56. The molecule has 126 valence electrons. The van der Waals surface area contributed by atoms with Crippen molar-refractivity contribution in [2.24, 2.45) is 0 Å². The maximum atomic E-state index is 12.0. The van der Waals surface area contributed by atoms with Gasteiger partial charge in [0.15, 0.2) is 6.61 Å². The van der Waals surface area contributed by atoms with Gasteiger partial charge in [0.05, 0.1) is 0 Å². The third kappa shape index (κ3) is 6.20. The Kier molecular flexibility index (Phi) is 6.64. The van der Waals surface area contributed by atoms with E-state index in [0.717, 1.165) is 0 Å². The molecule has 0 aromatic heterocycles. The number of ether oxygens (including phenoxy) is 1. The molecule has 0 unspecified atom stereocenters. The lowest BCUT2D eigenvalue weighted by Gasteiger charge is -2.18. The van der Waals surface area contributed by atoms with E-state index in [9.17, 15) is 21.6 Å². The molecule has 0 radical (unpaired) electrons. The number of hydrogen-bond acceptors (Lipinski definition) is 3. The first-order chi connectivity index (χ1) is 10.2. The Morgan fingerprint density at radius 1 is 1.14 bits per heavy atom. The third-order valence-electron chi connectivity index (χ3n) is 2.83. The minimum Gasteiger partial charge on any atom is -0.484 e. The zero-order valence-electron chi connectivity index (χ0n) is 12.4. The highest BCUT2D eigenvalue weighted by Gasteiger charge is 2.28. The normalized spacial score (nSPS) is 12.6. The summed E-state index contributed by atoms with van der Waals surface area (Å²) in [5, 5.41) is 0. The number of rotatable bonds is 8. The van der Waals surface area contributed by atoms with Crippen LogP contribution in [0.5, 0.6) is 5.75 Å². The average Bonchev–Trinajstić information content (AvgIpc) is 2.44. The van der Waals surface area contributed by atoms with Crippen molar-refractivity contribution in [2.45, 2.75) is 26.6 Å². The Morgan fingerprint density at radius 2 is 1.68 bits per heavy atom. The van der Waals surface area contributed by atoms with Gasteiger partial charge in [-0.15, -0.1) is 0 Å². The standard InChI is InChI=1S/C13H19F3N2O3S/c1-3-18(4-2)22(19,20)17-9-11-5-7-12(8-6-11)21-10-13(14,15)16/h5-8,17H,3-4,9-10H2,1-2H3. The van der Waals surface area contributed by atoms with Crippen molar-refractivity contribution in [3.63, 3.8) is 0 Å². The molecule has 22 heavy (non-hydrogen) atoms. The number of alkyl halides is 3. The Hall–Kier alpha value is -1.32. The summed E-state index contributed by atoms with van der Waals surface area (Å²) < 4.78 is 68.1. The van der Waals surface area contributed by atoms with Crippen LogP contribution in [0.3, 0.4) is 0 Å². The van der Waals surface area contributed by atoms with Gasteiger partial charge >= 0.3 is 6.18 Å². The van der Waals surface area contributed by atoms with Crippen LogP contribution in [-0.2, 0) is 16.8 Å². The monoisotopic (exact) mass is 340 g/mol. The van der Waals surface area contributed by atoms with Crippen molar-refractivity contribution in [1.29, 1.82) is 0 Å². The molecule has 0 spiro atoms. The van der Waals surface area contributed by atoms with Crippen molar-refractivity contribution in [1.82, 2.24) is 9.03 Å². The van der Waals surface area contributed by atoms with Gasteiger partial charge in [-0.05, 0) is 17.7 Å². The van der Waals surface area contributed by atoms with Crippen LogP contribution in [-0.4, -0.2) is 38.6 Å². The lowest BCUT2D eigenvalue weighted by molar-refractivity contribution is -0.153. The lowest BCUT2D eigenvalue weighted by atomic mass is 10.2. The molecule has 0 amide bonds. The summed E-state index contributed by atoms with van der Waals surface area (Å²) in [6, 6.07) is 5.76. The topological polar surface area (TPSA) is 58.6 Å². The molecule has 1 aromatic rings. The summed E-state index contributed by atoms with van der Waals surface area (Å²) in [5.41, 5.74) is 0.620. The van der Waals surface area contributed by atoms with Crippen LogP contribution >= 0.6 is 0 Å². The van der Waals surface area contributed by atoms with E-state index in [1.165, 1.54) is 28.6 Å². The Bertz CT molecular complexity index is 555. The van der Waals surface area contributed by atoms with Crippen molar-refractivity contribution < 1.29 is 26.3 Å². The number of benzene rings is 1. The largest absolute Gasteiger partial charge is 0.484 e. The first-order valence-electron chi connectivity index (χ1n) is 6.71.